The van der Waals surface area contributed by atoms with Crippen molar-refractivity contribution in [1.29, 1.82) is 0 Å². The molecule has 126 valence electrons. The lowest BCUT2D eigenvalue weighted by Gasteiger charge is -2.28. The Morgan fingerprint density at radius 3 is 2.60 bits per heavy atom. The lowest BCUT2D eigenvalue weighted by atomic mass is 9.76. The molecule has 5 nitrogen and oxygen atoms in total. The zero-order valence-electron chi connectivity index (χ0n) is 14.3. The van der Waals surface area contributed by atoms with Gasteiger partial charge in [-0.15, -0.1) is 0 Å². The Bertz CT molecular complexity index is 914. The lowest BCUT2D eigenvalue weighted by Crippen LogP contribution is -2.26. The third-order valence-electron chi connectivity index (χ3n) is 4.54. The molecule has 2 N–H and O–H groups in total. The van der Waals surface area contributed by atoms with Crippen molar-refractivity contribution in [2.24, 2.45) is 5.41 Å². The predicted molar refractivity (Wildman–Crippen MR) is 98.0 cm³/mol. The van der Waals surface area contributed by atoms with Gasteiger partial charge in [-0.2, -0.15) is 0 Å². The zero-order chi connectivity index (χ0) is 17.4. The number of Topliss-reactive ketones (excluding diaryl/α,β-unsaturated/α-hetero) is 1. The van der Waals surface area contributed by atoms with Crippen LogP contribution in [-0.2, 0) is 6.42 Å². The van der Waals surface area contributed by atoms with E-state index in [-0.39, 0.29) is 11.2 Å². The van der Waals surface area contributed by atoms with Crippen molar-refractivity contribution in [3.63, 3.8) is 0 Å². The molecule has 0 spiro atoms. The zero-order valence-corrected chi connectivity index (χ0v) is 14.3. The van der Waals surface area contributed by atoms with Gasteiger partial charge < -0.3 is 10.3 Å². The summed E-state index contributed by atoms with van der Waals surface area (Å²) in [6.45, 7) is 4.26. The van der Waals surface area contributed by atoms with Crippen LogP contribution in [0.25, 0.3) is 11.3 Å². The maximum atomic E-state index is 12.9. The first-order chi connectivity index (χ1) is 12.0. The summed E-state index contributed by atoms with van der Waals surface area (Å²) < 4.78 is 0. The van der Waals surface area contributed by atoms with Gasteiger partial charge in [-0.1, -0.05) is 19.9 Å². The largest absolute Gasteiger partial charge is 0.356 e. The van der Waals surface area contributed by atoms with Crippen LogP contribution in [0.2, 0.25) is 0 Å². The van der Waals surface area contributed by atoms with Gasteiger partial charge in [-0.3, -0.25) is 9.78 Å². The Labute approximate surface area is 146 Å². The highest BCUT2D eigenvalue weighted by molar-refractivity contribution is 6.07. The number of nitrogens with zero attached hydrogens (tertiary/aromatic N) is 2. The molecule has 3 aromatic rings. The molecule has 0 bridgehead atoms. The molecule has 0 atom stereocenters. The number of fused-ring (bicyclic) bond motifs is 1. The Morgan fingerprint density at radius 1 is 1.08 bits per heavy atom. The molecule has 0 amide bonds. The molecule has 0 saturated carbocycles. The van der Waals surface area contributed by atoms with Crippen LogP contribution < -0.4 is 5.32 Å². The summed E-state index contributed by atoms with van der Waals surface area (Å²) in [5, 5.41) is 3.35. The summed E-state index contributed by atoms with van der Waals surface area (Å²) in [7, 11) is 0. The average Bonchev–Trinajstić information content (AvgIpc) is 2.93. The molecule has 3 aromatic heterocycles. The van der Waals surface area contributed by atoms with Crippen molar-refractivity contribution in [1.82, 2.24) is 15.0 Å². The van der Waals surface area contributed by atoms with Gasteiger partial charge in [0.25, 0.3) is 0 Å². The van der Waals surface area contributed by atoms with Crippen LogP contribution in [0.3, 0.4) is 0 Å². The fourth-order valence-electron chi connectivity index (χ4n) is 3.48. The minimum atomic E-state index is -0.0350. The normalized spacial score (nSPS) is 15.7. The van der Waals surface area contributed by atoms with E-state index in [0.29, 0.717) is 6.42 Å². The lowest BCUT2D eigenvalue weighted by molar-refractivity contribution is 0.0912. The summed E-state index contributed by atoms with van der Waals surface area (Å²) in [6, 6.07) is 9.57. The molecule has 0 saturated heterocycles. The van der Waals surface area contributed by atoms with E-state index in [4.69, 9.17) is 0 Å². The Morgan fingerprint density at radius 2 is 1.88 bits per heavy atom. The molecule has 5 heteroatoms. The van der Waals surface area contributed by atoms with Gasteiger partial charge in [-0.25, -0.2) is 4.98 Å². The summed E-state index contributed by atoms with van der Waals surface area (Å²) in [4.78, 5) is 24.8. The van der Waals surface area contributed by atoms with E-state index in [9.17, 15) is 4.79 Å². The Hall–Kier alpha value is -2.95. The smallest absolute Gasteiger partial charge is 0.167 e. The van der Waals surface area contributed by atoms with E-state index >= 15 is 0 Å². The van der Waals surface area contributed by atoms with Gasteiger partial charge in [-0.05, 0) is 36.1 Å². The van der Waals surface area contributed by atoms with E-state index < -0.39 is 0 Å². The van der Waals surface area contributed by atoms with Gasteiger partial charge in [0, 0.05) is 36.3 Å². The van der Waals surface area contributed by atoms with Crippen LogP contribution in [-0.4, -0.2) is 20.7 Å². The highest BCUT2D eigenvalue weighted by Gasteiger charge is 2.35. The second kappa shape index (κ2) is 5.84. The second-order valence-corrected chi connectivity index (χ2v) is 7.25. The number of ketones is 1. The highest BCUT2D eigenvalue weighted by atomic mass is 16.1. The molecule has 0 aromatic carbocycles. The number of carbonyl (C=O) groups excluding carboxylic acids is 1. The first kappa shape index (κ1) is 15.6. The number of H-pyrrole nitrogens is 1. The van der Waals surface area contributed by atoms with E-state index in [1.54, 1.807) is 18.6 Å². The van der Waals surface area contributed by atoms with Gasteiger partial charge in [0.2, 0.25) is 0 Å². The molecule has 0 unspecified atom stereocenters. The number of anilines is 2. The van der Waals surface area contributed by atoms with E-state index in [1.165, 1.54) is 0 Å². The second-order valence-electron chi connectivity index (χ2n) is 7.25. The molecular formula is C20H20N4O. The van der Waals surface area contributed by atoms with Gasteiger partial charge in [0.1, 0.15) is 5.82 Å². The third kappa shape index (κ3) is 2.93. The van der Waals surface area contributed by atoms with E-state index in [1.807, 2.05) is 30.3 Å². The molecule has 1 aliphatic rings. The SMILES string of the molecule is CC1(C)CC(=O)c2c([nH]c(-c3ccncc3)c2Nc2ccccn2)C1. The Balaban J connectivity index is 1.88. The van der Waals surface area contributed by atoms with Crippen molar-refractivity contribution in [2.75, 3.05) is 5.32 Å². The van der Waals surface area contributed by atoms with Crippen molar-refractivity contribution in [3.05, 3.63) is 60.2 Å². The van der Waals surface area contributed by atoms with Crippen LogP contribution in [0, 0.1) is 5.41 Å². The molecule has 0 fully saturated rings. The maximum Gasteiger partial charge on any atom is 0.167 e. The minimum Gasteiger partial charge on any atom is -0.356 e. The standard InChI is InChI=1S/C20H20N4O/c1-20(2)11-14-17(15(25)12-20)19(24-16-5-3-4-8-22-16)18(23-14)13-6-9-21-10-7-13/h3-10,23H,11-12H2,1-2H3,(H,22,24). The molecule has 25 heavy (non-hydrogen) atoms. The summed E-state index contributed by atoms with van der Waals surface area (Å²) in [5.74, 6) is 0.887. The third-order valence-corrected chi connectivity index (χ3v) is 4.54. The summed E-state index contributed by atoms with van der Waals surface area (Å²) in [5.41, 5.74) is 4.42. The van der Waals surface area contributed by atoms with Crippen LogP contribution in [0.15, 0.2) is 48.9 Å². The number of rotatable bonds is 3. The predicted octanol–water partition coefficient (Wildman–Crippen LogP) is 4.37. The minimum absolute atomic E-state index is 0.0350. The van der Waals surface area contributed by atoms with Crippen LogP contribution in [0.1, 0.15) is 36.3 Å². The monoisotopic (exact) mass is 332 g/mol. The van der Waals surface area contributed by atoms with Crippen molar-refractivity contribution < 1.29 is 4.79 Å². The van der Waals surface area contributed by atoms with Gasteiger partial charge >= 0.3 is 0 Å². The first-order valence-corrected chi connectivity index (χ1v) is 8.40. The van der Waals surface area contributed by atoms with E-state index in [0.717, 1.165) is 40.4 Å². The Kier molecular flexibility index (Phi) is 3.64. The fourth-order valence-corrected chi connectivity index (χ4v) is 3.48. The number of aromatic nitrogens is 3. The number of carbonyl (C=O) groups is 1. The number of hydrogen-bond acceptors (Lipinski definition) is 4. The van der Waals surface area contributed by atoms with Crippen LogP contribution >= 0.6 is 0 Å². The van der Waals surface area contributed by atoms with Gasteiger partial charge in [0.05, 0.1) is 16.9 Å². The molecule has 4 rings (SSSR count). The van der Waals surface area contributed by atoms with Crippen molar-refractivity contribution >= 4 is 17.3 Å². The number of hydrogen-bond donors (Lipinski definition) is 2. The molecule has 0 radical (unpaired) electrons. The molecule has 0 aliphatic heterocycles. The average molecular weight is 332 g/mol. The van der Waals surface area contributed by atoms with Gasteiger partial charge in [0.15, 0.2) is 5.78 Å². The quantitative estimate of drug-likeness (QED) is 0.747. The molecule has 1 aliphatic carbocycles. The number of nitrogens with one attached hydrogen (secondary N) is 2. The van der Waals surface area contributed by atoms with Crippen molar-refractivity contribution in [3.8, 4) is 11.3 Å². The first-order valence-electron chi connectivity index (χ1n) is 8.40. The van der Waals surface area contributed by atoms with Crippen LogP contribution in [0.5, 0.6) is 0 Å². The maximum absolute atomic E-state index is 12.9. The summed E-state index contributed by atoms with van der Waals surface area (Å²) >= 11 is 0. The van der Waals surface area contributed by atoms with Crippen molar-refractivity contribution in [2.45, 2.75) is 26.7 Å². The summed E-state index contributed by atoms with van der Waals surface area (Å²) in [6.07, 6.45) is 6.63. The highest BCUT2D eigenvalue weighted by Crippen LogP contribution is 2.42. The fraction of sp³-hybridized carbons (Fsp3) is 0.250. The van der Waals surface area contributed by atoms with E-state index in [2.05, 4.69) is 34.1 Å². The molecule has 3 heterocycles. The molecular weight excluding hydrogens is 312 g/mol. The number of pyridine rings is 2. The number of aromatic amines is 1. The van der Waals surface area contributed by atoms with Crippen LogP contribution in [0.4, 0.5) is 11.5 Å². The topological polar surface area (TPSA) is 70.7 Å².